The normalized spacial score (nSPS) is 29.4. The fourth-order valence-electron chi connectivity index (χ4n) is 3.47. The van der Waals surface area contributed by atoms with Crippen molar-refractivity contribution < 1.29 is 4.79 Å². The summed E-state index contributed by atoms with van der Waals surface area (Å²) in [5.41, 5.74) is 0.653. The van der Waals surface area contributed by atoms with E-state index in [4.69, 9.17) is 11.6 Å². The third-order valence-corrected chi connectivity index (χ3v) is 5.50. The molecule has 3 rings (SSSR count). The van der Waals surface area contributed by atoms with E-state index in [1.54, 1.807) is 18.2 Å². The zero-order chi connectivity index (χ0) is 14.3. The fraction of sp³-hybridized carbons (Fsp3) is 0.533. The number of carbonyl (C=O) groups excluding carboxylic acids is 1. The Kier molecular flexibility index (Phi) is 4.07. The number of benzene rings is 1. The minimum Gasteiger partial charge on any atom is -0.349 e. The first kappa shape index (κ1) is 14.4. The standard InChI is InChI=1S/C15H18BrClN2O/c1-19-11-3-4-12(19)8-10(7-11)18-15(20)13-5-2-9(17)6-14(13)16/h2,5-6,10-12H,3-4,7-8H2,1H3,(H,18,20). The zero-order valence-corrected chi connectivity index (χ0v) is 13.7. The number of rotatable bonds is 2. The van der Waals surface area contributed by atoms with Gasteiger partial charge < -0.3 is 10.2 Å². The molecule has 20 heavy (non-hydrogen) atoms. The third kappa shape index (κ3) is 2.74. The molecule has 0 aromatic heterocycles. The molecule has 2 aliphatic rings. The summed E-state index contributed by atoms with van der Waals surface area (Å²) < 4.78 is 0.749. The lowest BCUT2D eigenvalue weighted by atomic mass is 9.97. The van der Waals surface area contributed by atoms with E-state index < -0.39 is 0 Å². The summed E-state index contributed by atoms with van der Waals surface area (Å²) in [5, 5.41) is 3.81. The Morgan fingerprint density at radius 3 is 2.60 bits per heavy atom. The first-order chi connectivity index (χ1) is 9.54. The van der Waals surface area contributed by atoms with Crippen molar-refractivity contribution in [3.8, 4) is 0 Å². The Balaban J connectivity index is 1.68. The van der Waals surface area contributed by atoms with E-state index in [1.807, 2.05) is 0 Å². The molecule has 2 unspecified atom stereocenters. The third-order valence-electron chi connectivity index (χ3n) is 4.61. The Hall–Kier alpha value is -0.580. The highest BCUT2D eigenvalue weighted by Crippen LogP contribution is 2.34. The molecule has 2 aliphatic heterocycles. The number of halogens is 2. The van der Waals surface area contributed by atoms with Crippen LogP contribution in [-0.2, 0) is 0 Å². The molecular formula is C15H18BrClN2O. The second-order valence-corrected chi connectivity index (χ2v) is 7.11. The predicted molar refractivity (Wildman–Crippen MR) is 84.2 cm³/mol. The molecule has 2 bridgehead atoms. The van der Waals surface area contributed by atoms with Gasteiger partial charge in [0, 0.05) is 27.6 Å². The quantitative estimate of drug-likeness (QED) is 0.879. The number of nitrogens with one attached hydrogen (secondary N) is 1. The molecule has 1 amide bonds. The van der Waals surface area contributed by atoms with Crippen molar-refractivity contribution >= 4 is 33.4 Å². The highest BCUT2D eigenvalue weighted by molar-refractivity contribution is 9.10. The van der Waals surface area contributed by atoms with Crippen LogP contribution in [0.1, 0.15) is 36.0 Å². The monoisotopic (exact) mass is 356 g/mol. The SMILES string of the molecule is CN1C2CCC1CC(NC(=O)c1ccc(Cl)cc1Br)C2. The minimum absolute atomic E-state index is 0.0116. The van der Waals surface area contributed by atoms with Crippen molar-refractivity contribution in [1.29, 1.82) is 0 Å². The lowest BCUT2D eigenvalue weighted by Gasteiger charge is -2.36. The molecule has 1 aromatic carbocycles. The van der Waals surface area contributed by atoms with Crippen molar-refractivity contribution in [1.82, 2.24) is 10.2 Å². The average molecular weight is 358 g/mol. The van der Waals surface area contributed by atoms with E-state index in [0.29, 0.717) is 28.7 Å². The molecule has 1 aromatic rings. The van der Waals surface area contributed by atoms with Gasteiger partial charge in [-0.05, 0) is 66.9 Å². The van der Waals surface area contributed by atoms with Crippen LogP contribution in [0.3, 0.4) is 0 Å². The van der Waals surface area contributed by atoms with Crippen molar-refractivity contribution in [3.05, 3.63) is 33.3 Å². The van der Waals surface area contributed by atoms with Crippen molar-refractivity contribution in [2.45, 2.75) is 43.8 Å². The van der Waals surface area contributed by atoms with Crippen LogP contribution >= 0.6 is 27.5 Å². The smallest absolute Gasteiger partial charge is 0.252 e. The second kappa shape index (κ2) is 5.66. The molecule has 2 saturated heterocycles. The largest absolute Gasteiger partial charge is 0.349 e. The van der Waals surface area contributed by atoms with Crippen LogP contribution in [0.5, 0.6) is 0 Å². The van der Waals surface area contributed by atoms with Gasteiger partial charge >= 0.3 is 0 Å². The van der Waals surface area contributed by atoms with E-state index >= 15 is 0 Å². The molecule has 2 heterocycles. The first-order valence-corrected chi connectivity index (χ1v) is 8.19. The summed E-state index contributed by atoms with van der Waals surface area (Å²) in [7, 11) is 2.20. The van der Waals surface area contributed by atoms with Crippen molar-refractivity contribution in [2.75, 3.05) is 7.05 Å². The van der Waals surface area contributed by atoms with Gasteiger partial charge in [0.2, 0.25) is 0 Å². The number of piperidine rings is 1. The summed E-state index contributed by atoms with van der Waals surface area (Å²) in [6.45, 7) is 0. The van der Waals surface area contributed by atoms with E-state index in [2.05, 4.69) is 33.2 Å². The zero-order valence-electron chi connectivity index (χ0n) is 11.4. The van der Waals surface area contributed by atoms with Gasteiger partial charge in [0.15, 0.2) is 0 Å². The lowest BCUT2D eigenvalue weighted by Crippen LogP contribution is -2.48. The summed E-state index contributed by atoms with van der Waals surface area (Å²) in [5.74, 6) is -0.0116. The van der Waals surface area contributed by atoms with Gasteiger partial charge in [-0.15, -0.1) is 0 Å². The number of hydrogen-bond donors (Lipinski definition) is 1. The maximum absolute atomic E-state index is 12.4. The first-order valence-electron chi connectivity index (χ1n) is 7.02. The van der Waals surface area contributed by atoms with Crippen LogP contribution < -0.4 is 5.32 Å². The van der Waals surface area contributed by atoms with Crippen LogP contribution in [0.4, 0.5) is 0 Å². The van der Waals surface area contributed by atoms with E-state index in [0.717, 1.165) is 17.3 Å². The molecule has 0 saturated carbocycles. The van der Waals surface area contributed by atoms with Crippen molar-refractivity contribution in [2.24, 2.45) is 0 Å². The Labute approximate surface area is 132 Å². The summed E-state index contributed by atoms with van der Waals surface area (Å²) in [6.07, 6.45) is 4.64. The van der Waals surface area contributed by atoms with E-state index in [1.165, 1.54) is 12.8 Å². The lowest BCUT2D eigenvalue weighted by molar-refractivity contribution is 0.0881. The summed E-state index contributed by atoms with van der Waals surface area (Å²) in [4.78, 5) is 14.8. The predicted octanol–water partition coefficient (Wildman–Crippen LogP) is 3.46. The summed E-state index contributed by atoms with van der Waals surface area (Å²) >= 11 is 9.31. The number of hydrogen-bond acceptors (Lipinski definition) is 2. The van der Waals surface area contributed by atoms with Crippen LogP contribution in [-0.4, -0.2) is 36.0 Å². The molecule has 0 radical (unpaired) electrons. The average Bonchev–Trinajstić information content (AvgIpc) is 2.62. The molecule has 108 valence electrons. The highest BCUT2D eigenvalue weighted by atomic mass is 79.9. The Bertz CT molecular complexity index is 523. The van der Waals surface area contributed by atoms with Crippen LogP contribution in [0.2, 0.25) is 5.02 Å². The van der Waals surface area contributed by atoms with Gasteiger partial charge in [0.1, 0.15) is 0 Å². The molecule has 2 fully saturated rings. The minimum atomic E-state index is -0.0116. The molecule has 2 atom stereocenters. The molecule has 0 spiro atoms. The highest BCUT2D eigenvalue weighted by Gasteiger charge is 2.38. The van der Waals surface area contributed by atoms with Gasteiger partial charge in [0.25, 0.3) is 5.91 Å². The number of nitrogens with zero attached hydrogens (tertiary/aromatic N) is 1. The molecular weight excluding hydrogens is 340 g/mol. The Morgan fingerprint density at radius 1 is 1.35 bits per heavy atom. The summed E-state index contributed by atoms with van der Waals surface area (Å²) in [6, 6.07) is 6.83. The maximum Gasteiger partial charge on any atom is 0.252 e. The number of fused-ring (bicyclic) bond motifs is 2. The number of amides is 1. The van der Waals surface area contributed by atoms with Crippen LogP contribution in [0.15, 0.2) is 22.7 Å². The van der Waals surface area contributed by atoms with Gasteiger partial charge in [0.05, 0.1) is 5.56 Å². The van der Waals surface area contributed by atoms with Crippen LogP contribution in [0.25, 0.3) is 0 Å². The maximum atomic E-state index is 12.4. The van der Waals surface area contributed by atoms with E-state index in [9.17, 15) is 4.79 Å². The van der Waals surface area contributed by atoms with Crippen LogP contribution in [0, 0.1) is 0 Å². The molecule has 5 heteroatoms. The van der Waals surface area contributed by atoms with Gasteiger partial charge in [-0.25, -0.2) is 0 Å². The topological polar surface area (TPSA) is 32.3 Å². The fourth-order valence-corrected chi connectivity index (χ4v) is 4.33. The molecule has 3 nitrogen and oxygen atoms in total. The van der Waals surface area contributed by atoms with Crippen molar-refractivity contribution in [3.63, 3.8) is 0 Å². The van der Waals surface area contributed by atoms with Gasteiger partial charge in [-0.3, -0.25) is 4.79 Å². The Morgan fingerprint density at radius 2 is 2.00 bits per heavy atom. The van der Waals surface area contributed by atoms with Gasteiger partial charge in [-0.1, -0.05) is 11.6 Å². The number of carbonyl (C=O) groups is 1. The second-order valence-electron chi connectivity index (χ2n) is 5.82. The van der Waals surface area contributed by atoms with E-state index in [-0.39, 0.29) is 5.91 Å². The molecule has 0 aliphatic carbocycles. The molecule has 1 N–H and O–H groups in total. The van der Waals surface area contributed by atoms with Gasteiger partial charge in [-0.2, -0.15) is 0 Å².